The van der Waals surface area contributed by atoms with Crippen LogP contribution in [0.15, 0.2) is 12.2 Å². The van der Waals surface area contributed by atoms with Gasteiger partial charge < -0.3 is 5.73 Å². The lowest BCUT2D eigenvalue weighted by atomic mass is 9.84. The molecule has 2 saturated carbocycles. The average Bonchev–Trinajstić information content (AvgIpc) is 2.60. The monoisotopic (exact) mass is 149 g/mol. The van der Waals surface area contributed by atoms with Crippen LogP contribution in [0.4, 0.5) is 0 Å². The third-order valence-corrected chi connectivity index (χ3v) is 4.02. The maximum Gasteiger partial charge on any atom is 0.00757 e. The molecule has 0 aliphatic heterocycles. The molecule has 1 heteroatoms. The Morgan fingerprint density at radius 2 is 1.91 bits per heavy atom. The van der Waals surface area contributed by atoms with Gasteiger partial charge in [0.05, 0.1) is 0 Å². The number of fused-ring (bicyclic) bond motifs is 5. The van der Waals surface area contributed by atoms with Crippen LogP contribution < -0.4 is 5.73 Å². The van der Waals surface area contributed by atoms with Gasteiger partial charge >= 0.3 is 0 Å². The summed E-state index contributed by atoms with van der Waals surface area (Å²) in [7, 11) is 0. The van der Waals surface area contributed by atoms with Crippen molar-refractivity contribution in [2.45, 2.75) is 25.3 Å². The third-order valence-electron chi connectivity index (χ3n) is 4.02. The van der Waals surface area contributed by atoms with Crippen LogP contribution in [0.5, 0.6) is 0 Å². The highest BCUT2D eigenvalue weighted by atomic mass is 14.7. The number of rotatable bonds is 0. The van der Waals surface area contributed by atoms with Gasteiger partial charge in [-0.15, -0.1) is 0 Å². The van der Waals surface area contributed by atoms with Gasteiger partial charge in [-0.3, -0.25) is 0 Å². The van der Waals surface area contributed by atoms with E-state index in [2.05, 4.69) is 12.2 Å². The smallest absolute Gasteiger partial charge is 0.00757 e. The summed E-state index contributed by atoms with van der Waals surface area (Å²) in [6.45, 7) is 0. The molecule has 0 heterocycles. The number of allylic oxidation sites excluding steroid dienone is 2. The lowest BCUT2D eigenvalue weighted by molar-refractivity contribution is 0.339. The van der Waals surface area contributed by atoms with Gasteiger partial charge in [0, 0.05) is 6.04 Å². The molecular formula is C10H15N. The van der Waals surface area contributed by atoms with E-state index in [4.69, 9.17) is 5.73 Å². The first-order valence-electron chi connectivity index (χ1n) is 4.80. The van der Waals surface area contributed by atoms with Gasteiger partial charge in [-0.2, -0.15) is 0 Å². The first kappa shape index (κ1) is 6.24. The van der Waals surface area contributed by atoms with Gasteiger partial charge in [0.15, 0.2) is 0 Å². The zero-order valence-corrected chi connectivity index (χ0v) is 6.74. The first-order chi connectivity index (χ1) is 5.36. The Morgan fingerprint density at radius 1 is 1.09 bits per heavy atom. The van der Waals surface area contributed by atoms with Crippen molar-refractivity contribution >= 4 is 0 Å². The minimum absolute atomic E-state index is 0.528. The fourth-order valence-corrected chi connectivity index (χ4v) is 3.58. The van der Waals surface area contributed by atoms with Crippen molar-refractivity contribution in [1.82, 2.24) is 0 Å². The fourth-order valence-electron chi connectivity index (χ4n) is 3.58. The molecular weight excluding hydrogens is 134 g/mol. The zero-order chi connectivity index (χ0) is 7.42. The van der Waals surface area contributed by atoms with Gasteiger partial charge in [-0.1, -0.05) is 12.2 Å². The second-order valence-corrected chi connectivity index (χ2v) is 4.43. The molecule has 2 N–H and O–H groups in total. The molecule has 11 heavy (non-hydrogen) atoms. The average molecular weight is 149 g/mol. The van der Waals surface area contributed by atoms with Crippen molar-refractivity contribution in [1.29, 1.82) is 0 Å². The van der Waals surface area contributed by atoms with E-state index in [9.17, 15) is 0 Å². The normalized spacial score (nSPS) is 58.8. The predicted molar refractivity (Wildman–Crippen MR) is 44.9 cm³/mol. The van der Waals surface area contributed by atoms with Crippen molar-refractivity contribution in [3.63, 3.8) is 0 Å². The van der Waals surface area contributed by atoms with Crippen molar-refractivity contribution in [3.8, 4) is 0 Å². The van der Waals surface area contributed by atoms with E-state index >= 15 is 0 Å². The highest BCUT2D eigenvalue weighted by molar-refractivity contribution is 5.17. The van der Waals surface area contributed by atoms with E-state index in [1.54, 1.807) is 0 Å². The summed E-state index contributed by atoms with van der Waals surface area (Å²) >= 11 is 0. The topological polar surface area (TPSA) is 26.0 Å². The number of nitrogens with two attached hydrogens (primary N) is 1. The van der Waals surface area contributed by atoms with Crippen molar-refractivity contribution in [2.24, 2.45) is 29.4 Å². The first-order valence-corrected chi connectivity index (χ1v) is 4.80. The van der Waals surface area contributed by atoms with Crippen molar-refractivity contribution < 1.29 is 0 Å². The molecule has 1 nitrogen and oxygen atoms in total. The minimum Gasteiger partial charge on any atom is -0.327 e. The van der Waals surface area contributed by atoms with Crippen LogP contribution in [-0.4, -0.2) is 6.04 Å². The molecule has 0 amide bonds. The molecule has 0 aromatic rings. The van der Waals surface area contributed by atoms with Gasteiger partial charge in [0.1, 0.15) is 0 Å². The highest BCUT2D eigenvalue weighted by Crippen LogP contribution is 2.54. The molecule has 0 radical (unpaired) electrons. The van der Waals surface area contributed by atoms with E-state index < -0.39 is 0 Å². The quantitative estimate of drug-likeness (QED) is 0.519. The maximum absolute atomic E-state index is 6.07. The van der Waals surface area contributed by atoms with Gasteiger partial charge in [0.25, 0.3) is 0 Å². The molecule has 0 saturated heterocycles. The summed E-state index contributed by atoms with van der Waals surface area (Å²) in [6.07, 6.45) is 8.95. The van der Waals surface area contributed by atoms with Crippen LogP contribution in [0.3, 0.4) is 0 Å². The largest absolute Gasteiger partial charge is 0.327 e. The van der Waals surface area contributed by atoms with Crippen LogP contribution in [0, 0.1) is 23.7 Å². The summed E-state index contributed by atoms with van der Waals surface area (Å²) in [6, 6.07) is 0.528. The maximum atomic E-state index is 6.07. The van der Waals surface area contributed by atoms with Crippen LogP contribution in [0.2, 0.25) is 0 Å². The zero-order valence-electron chi connectivity index (χ0n) is 6.74. The molecule has 3 aliphatic carbocycles. The molecule has 0 aromatic heterocycles. The van der Waals surface area contributed by atoms with E-state index in [0.717, 1.165) is 23.7 Å². The molecule has 0 aromatic carbocycles. The van der Waals surface area contributed by atoms with Gasteiger partial charge in [-0.25, -0.2) is 0 Å². The van der Waals surface area contributed by atoms with E-state index in [0.29, 0.717) is 6.04 Å². The minimum atomic E-state index is 0.528. The fraction of sp³-hybridized carbons (Fsp3) is 0.800. The van der Waals surface area contributed by atoms with Crippen LogP contribution in [0.1, 0.15) is 19.3 Å². The molecule has 5 atom stereocenters. The standard InChI is InChI=1S/C10H15N/c11-9-4-3-8-6-1-2-7(5-6)10(8)9/h1-2,6-10H,3-5,11H2. The van der Waals surface area contributed by atoms with Crippen molar-refractivity contribution in [2.75, 3.05) is 0 Å². The Bertz CT molecular complexity index is 209. The summed E-state index contributed by atoms with van der Waals surface area (Å²) < 4.78 is 0. The molecule has 0 spiro atoms. The SMILES string of the molecule is NC1CCC2C3C=CC(C3)C12. The Balaban J connectivity index is 1.97. The summed E-state index contributed by atoms with van der Waals surface area (Å²) in [5.41, 5.74) is 6.07. The second-order valence-electron chi connectivity index (χ2n) is 4.43. The Hall–Kier alpha value is -0.300. The van der Waals surface area contributed by atoms with Gasteiger partial charge in [-0.05, 0) is 42.9 Å². The van der Waals surface area contributed by atoms with Crippen LogP contribution in [-0.2, 0) is 0 Å². The van der Waals surface area contributed by atoms with E-state index in [1.165, 1.54) is 19.3 Å². The molecule has 3 rings (SSSR count). The van der Waals surface area contributed by atoms with Crippen LogP contribution >= 0.6 is 0 Å². The highest BCUT2D eigenvalue weighted by Gasteiger charge is 2.49. The lowest BCUT2D eigenvalue weighted by Crippen LogP contribution is -2.30. The van der Waals surface area contributed by atoms with E-state index in [-0.39, 0.29) is 0 Å². The summed E-state index contributed by atoms with van der Waals surface area (Å²) in [5.74, 6) is 3.62. The molecule has 2 fully saturated rings. The van der Waals surface area contributed by atoms with Crippen molar-refractivity contribution in [3.05, 3.63) is 12.2 Å². The summed E-state index contributed by atoms with van der Waals surface area (Å²) in [4.78, 5) is 0. The second kappa shape index (κ2) is 1.89. The Labute approximate surface area is 67.7 Å². The molecule has 5 unspecified atom stereocenters. The third kappa shape index (κ3) is 0.652. The molecule has 3 aliphatic rings. The number of hydrogen-bond acceptors (Lipinski definition) is 1. The Morgan fingerprint density at radius 3 is 2.73 bits per heavy atom. The summed E-state index contributed by atoms with van der Waals surface area (Å²) in [5, 5.41) is 0. The van der Waals surface area contributed by atoms with Crippen LogP contribution in [0.25, 0.3) is 0 Å². The Kier molecular flexibility index (Phi) is 1.07. The molecule has 2 bridgehead atoms. The number of hydrogen-bond donors (Lipinski definition) is 1. The predicted octanol–water partition coefficient (Wildman–Crippen LogP) is 1.55. The lowest BCUT2D eigenvalue weighted by Gasteiger charge is -2.23. The van der Waals surface area contributed by atoms with E-state index in [1.807, 2.05) is 0 Å². The van der Waals surface area contributed by atoms with Gasteiger partial charge in [0.2, 0.25) is 0 Å². The molecule has 60 valence electrons.